The second-order valence-corrected chi connectivity index (χ2v) is 5.55. The number of carbonyl (C=O) groups excluding carboxylic acids is 1. The van der Waals surface area contributed by atoms with Gasteiger partial charge >= 0.3 is 0 Å². The summed E-state index contributed by atoms with van der Waals surface area (Å²) >= 11 is 1.53. The second-order valence-electron chi connectivity index (χ2n) is 4.66. The summed E-state index contributed by atoms with van der Waals surface area (Å²) in [6.45, 7) is 0.0124. The lowest BCUT2D eigenvalue weighted by Crippen LogP contribution is -2.36. The molecule has 2 heterocycles. The summed E-state index contributed by atoms with van der Waals surface area (Å²) in [5, 5.41) is 5.78. The summed E-state index contributed by atoms with van der Waals surface area (Å²) in [5.41, 5.74) is 0. The van der Waals surface area contributed by atoms with Crippen molar-refractivity contribution in [2.45, 2.75) is 31.7 Å². The number of ether oxygens (including phenoxy) is 1. The van der Waals surface area contributed by atoms with E-state index in [1.807, 2.05) is 11.4 Å². The lowest BCUT2D eigenvalue weighted by molar-refractivity contribution is -0.123. The molecule has 0 radical (unpaired) electrons. The van der Waals surface area contributed by atoms with E-state index in [0.717, 1.165) is 23.1 Å². The Kier molecular flexibility index (Phi) is 3.59. The summed E-state index contributed by atoms with van der Waals surface area (Å²) in [7, 11) is 0. The number of carbonyl (C=O) groups is 1. The zero-order valence-corrected chi connectivity index (χ0v) is 11.3. The van der Waals surface area contributed by atoms with Crippen LogP contribution in [-0.2, 0) is 4.79 Å². The number of aromatic nitrogens is 2. The Labute approximate surface area is 115 Å². The third-order valence-electron chi connectivity index (χ3n) is 3.29. The van der Waals surface area contributed by atoms with Crippen molar-refractivity contribution in [1.29, 1.82) is 0 Å². The highest BCUT2D eigenvalue weighted by Gasteiger charge is 2.17. The lowest BCUT2D eigenvalue weighted by Gasteiger charge is -2.12. The summed E-state index contributed by atoms with van der Waals surface area (Å²) in [6.07, 6.45) is 6.02. The van der Waals surface area contributed by atoms with Crippen molar-refractivity contribution < 1.29 is 9.53 Å². The standard InChI is InChI=1S/C13H15N3O2S/c17-11(16-9-3-1-2-4-9)7-18-12-10-5-6-19-13(10)15-8-14-12/h5-6,8-9H,1-4,7H2,(H,16,17). The van der Waals surface area contributed by atoms with Crippen LogP contribution < -0.4 is 10.1 Å². The third kappa shape index (κ3) is 2.84. The number of fused-ring (bicyclic) bond motifs is 1. The van der Waals surface area contributed by atoms with Gasteiger partial charge in [0.15, 0.2) is 6.61 Å². The molecule has 2 aromatic heterocycles. The van der Waals surface area contributed by atoms with E-state index in [1.54, 1.807) is 0 Å². The minimum atomic E-state index is -0.0751. The molecule has 2 aromatic rings. The highest BCUT2D eigenvalue weighted by molar-refractivity contribution is 7.16. The van der Waals surface area contributed by atoms with Crippen molar-refractivity contribution in [3.05, 3.63) is 17.8 Å². The van der Waals surface area contributed by atoms with Crippen LogP contribution in [0.5, 0.6) is 5.88 Å². The molecule has 19 heavy (non-hydrogen) atoms. The van der Waals surface area contributed by atoms with Crippen LogP contribution in [0.2, 0.25) is 0 Å². The predicted octanol–water partition coefficient (Wildman–Crippen LogP) is 2.13. The van der Waals surface area contributed by atoms with Gasteiger partial charge in [-0.2, -0.15) is 0 Å². The molecule has 100 valence electrons. The van der Waals surface area contributed by atoms with Crippen LogP contribution in [0.3, 0.4) is 0 Å². The van der Waals surface area contributed by atoms with Crippen LogP contribution in [0.1, 0.15) is 25.7 Å². The zero-order chi connectivity index (χ0) is 13.1. The summed E-state index contributed by atoms with van der Waals surface area (Å²) in [6, 6.07) is 2.23. The van der Waals surface area contributed by atoms with E-state index in [4.69, 9.17) is 4.74 Å². The lowest BCUT2D eigenvalue weighted by atomic mass is 10.2. The van der Waals surface area contributed by atoms with Gasteiger partial charge in [0.25, 0.3) is 5.91 Å². The molecule has 0 atom stereocenters. The highest BCUT2D eigenvalue weighted by Crippen LogP contribution is 2.25. The molecule has 1 fully saturated rings. The van der Waals surface area contributed by atoms with E-state index in [9.17, 15) is 4.79 Å². The van der Waals surface area contributed by atoms with Crippen molar-refractivity contribution in [1.82, 2.24) is 15.3 Å². The predicted molar refractivity (Wildman–Crippen MR) is 73.3 cm³/mol. The average molecular weight is 277 g/mol. The molecule has 1 amide bonds. The number of nitrogens with zero attached hydrogens (tertiary/aromatic N) is 2. The van der Waals surface area contributed by atoms with Crippen LogP contribution in [0.4, 0.5) is 0 Å². The maximum atomic E-state index is 11.8. The topological polar surface area (TPSA) is 64.1 Å². The van der Waals surface area contributed by atoms with Crippen molar-refractivity contribution in [3.8, 4) is 5.88 Å². The van der Waals surface area contributed by atoms with Crippen molar-refractivity contribution in [3.63, 3.8) is 0 Å². The number of rotatable bonds is 4. The Hall–Kier alpha value is -1.69. The molecule has 5 nitrogen and oxygen atoms in total. The van der Waals surface area contributed by atoms with Gasteiger partial charge in [0, 0.05) is 6.04 Å². The summed E-state index contributed by atoms with van der Waals surface area (Å²) < 4.78 is 5.49. The van der Waals surface area contributed by atoms with Gasteiger partial charge in [0.2, 0.25) is 5.88 Å². The molecular formula is C13H15N3O2S. The third-order valence-corrected chi connectivity index (χ3v) is 4.11. The molecule has 1 aliphatic carbocycles. The zero-order valence-electron chi connectivity index (χ0n) is 10.5. The Morgan fingerprint density at radius 1 is 1.42 bits per heavy atom. The van der Waals surface area contributed by atoms with Crippen LogP contribution >= 0.6 is 11.3 Å². The van der Waals surface area contributed by atoms with Crippen molar-refractivity contribution in [2.75, 3.05) is 6.61 Å². The molecule has 1 aliphatic rings. The fraction of sp³-hybridized carbons (Fsp3) is 0.462. The monoisotopic (exact) mass is 277 g/mol. The first kappa shape index (κ1) is 12.3. The first-order valence-electron chi connectivity index (χ1n) is 6.43. The minimum absolute atomic E-state index is 0.0124. The number of nitrogens with one attached hydrogen (secondary N) is 1. The molecule has 1 saturated carbocycles. The summed E-state index contributed by atoms with van der Waals surface area (Å²) in [5.74, 6) is 0.404. The van der Waals surface area contributed by atoms with Gasteiger partial charge in [0.05, 0.1) is 5.39 Å². The Balaban J connectivity index is 1.59. The van der Waals surface area contributed by atoms with Gasteiger partial charge in [-0.3, -0.25) is 4.79 Å². The fourth-order valence-corrected chi connectivity index (χ4v) is 3.08. The number of amides is 1. The highest BCUT2D eigenvalue weighted by atomic mass is 32.1. The maximum absolute atomic E-state index is 11.8. The molecular weight excluding hydrogens is 262 g/mol. The van der Waals surface area contributed by atoms with E-state index < -0.39 is 0 Å². The Morgan fingerprint density at radius 3 is 3.11 bits per heavy atom. The van der Waals surface area contributed by atoms with E-state index in [0.29, 0.717) is 11.9 Å². The van der Waals surface area contributed by atoms with E-state index in [1.165, 1.54) is 30.5 Å². The quantitative estimate of drug-likeness (QED) is 0.930. The molecule has 0 unspecified atom stereocenters. The first-order chi connectivity index (χ1) is 9.33. The number of thiophene rings is 1. The Bertz CT molecular complexity index is 578. The maximum Gasteiger partial charge on any atom is 0.258 e. The average Bonchev–Trinajstić information content (AvgIpc) is 3.06. The molecule has 6 heteroatoms. The normalized spacial score (nSPS) is 15.8. The Morgan fingerprint density at radius 2 is 2.26 bits per heavy atom. The van der Waals surface area contributed by atoms with E-state index in [-0.39, 0.29) is 12.5 Å². The van der Waals surface area contributed by atoms with Gasteiger partial charge in [-0.25, -0.2) is 9.97 Å². The molecule has 0 spiro atoms. The molecule has 0 saturated heterocycles. The number of hydrogen-bond acceptors (Lipinski definition) is 5. The smallest absolute Gasteiger partial charge is 0.258 e. The molecule has 3 rings (SSSR count). The van der Waals surface area contributed by atoms with Crippen LogP contribution in [-0.4, -0.2) is 28.5 Å². The fourth-order valence-electron chi connectivity index (χ4n) is 2.36. The van der Waals surface area contributed by atoms with E-state index in [2.05, 4.69) is 15.3 Å². The van der Waals surface area contributed by atoms with Gasteiger partial charge in [-0.05, 0) is 24.3 Å². The molecule has 1 N–H and O–H groups in total. The molecule has 0 aliphatic heterocycles. The van der Waals surface area contributed by atoms with Crippen LogP contribution in [0.25, 0.3) is 10.2 Å². The second kappa shape index (κ2) is 5.52. The van der Waals surface area contributed by atoms with Crippen molar-refractivity contribution in [2.24, 2.45) is 0 Å². The van der Waals surface area contributed by atoms with Crippen LogP contribution in [0.15, 0.2) is 17.8 Å². The van der Waals surface area contributed by atoms with Crippen molar-refractivity contribution >= 4 is 27.5 Å². The SMILES string of the molecule is O=C(COc1ncnc2sccc12)NC1CCCC1. The largest absolute Gasteiger partial charge is 0.467 e. The molecule has 0 aromatic carbocycles. The molecule has 0 bridgehead atoms. The number of hydrogen-bond donors (Lipinski definition) is 1. The summed E-state index contributed by atoms with van der Waals surface area (Å²) in [4.78, 5) is 20.9. The van der Waals surface area contributed by atoms with Gasteiger partial charge in [-0.1, -0.05) is 12.8 Å². The van der Waals surface area contributed by atoms with E-state index >= 15 is 0 Å². The first-order valence-corrected chi connectivity index (χ1v) is 7.31. The van der Waals surface area contributed by atoms with Gasteiger partial charge < -0.3 is 10.1 Å². The van der Waals surface area contributed by atoms with Gasteiger partial charge in [-0.15, -0.1) is 11.3 Å². The minimum Gasteiger partial charge on any atom is -0.467 e. The van der Waals surface area contributed by atoms with Gasteiger partial charge in [0.1, 0.15) is 11.2 Å². The van der Waals surface area contributed by atoms with Crippen LogP contribution in [0, 0.1) is 0 Å².